The Bertz CT molecular complexity index is 732. The topological polar surface area (TPSA) is 111 Å². The van der Waals surface area contributed by atoms with Crippen molar-refractivity contribution < 1.29 is 27.5 Å². The number of carbonyl (C=O) groups is 2. The summed E-state index contributed by atoms with van der Waals surface area (Å²) in [5.41, 5.74) is -0.103. The molecule has 25 heavy (non-hydrogen) atoms. The van der Waals surface area contributed by atoms with E-state index in [2.05, 4.69) is 19.5 Å². The van der Waals surface area contributed by atoms with Crippen LogP contribution in [0, 0.1) is 0 Å². The molecule has 140 valence electrons. The van der Waals surface area contributed by atoms with Gasteiger partial charge in [-0.1, -0.05) is 0 Å². The minimum atomic E-state index is -4.01. The Morgan fingerprint density at radius 2 is 1.88 bits per heavy atom. The molecule has 1 heterocycles. The lowest BCUT2D eigenvalue weighted by Crippen LogP contribution is -2.45. The fraction of sp³-hybridized carbons (Fsp3) is 0.467. The number of halogens is 1. The van der Waals surface area contributed by atoms with Crippen molar-refractivity contribution in [3.05, 3.63) is 29.3 Å². The number of esters is 2. The van der Waals surface area contributed by atoms with Crippen molar-refractivity contribution in [2.75, 3.05) is 27.3 Å². The van der Waals surface area contributed by atoms with Crippen LogP contribution >= 0.6 is 12.4 Å². The highest BCUT2D eigenvalue weighted by atomic mass is 35.5. The molecule has 1 saturated heterocycles. The highest BCUT2D eigenvalue weighted by Crippen LogP contribution is 2.20. The van der Waals surface area contributed by atoms with Gasteiger partial charge in [0.25, 0.3) is 0 Å². The van der Waals surface area contributed by atoms with Crippen LogP contribution in [0.5, 0.6) is 0 Å². The zero-order valence-electron chi connectivity index (χ0n) is 13.9. The Hall–Kier alpha value is -1.68. The summed E-state index contributed by atoms with van der Waals surface area (Å²) in [6.45, 7) is 1.34. The first-order valence-electron chi connectivity index (χ1n) is 7.42. The molecule has 0 radical (unpaired) electrons. The highest BCUT2D eigenvalue weighted by molar-refractivity contribution is 7.89. The van der Waals surface area contributed by atoms with E-state index in [1.165, 1.54) is 19.2 Å². The molecule has 0 aliphatic carbocycles. The van der Waals surface area contributed by atoms with Gasteiger partial charge in [0.2, 0.25) is 10.0 Å². The lowest BCUT2D eigenvalue weighted by Gasteiger charge is -2.24. The number of sulfonamides is 1. The van der Waals surface area contributed by atoms with Crippen LogP contribution < -0.4 is 10.0 Å². The summed E-state index contributed by atoms with van der Waals surface area (Å²) in [6, 6.07) is 3.40. The molecule has 1 fully saturated rings. The summed E-state index contributed by atoms with van der Waals surface area (Å²) < 4.78 is 37.2. The number of methoxy groups -OCH3 is 2. The van der Waals surface area contributed by atoms with Gasteiger partial charge in [-0.25, -0.2) is 22.7 Å². The van der Waals surface area contributed by atoms with E-state index in [1.807, 2.05) is 0 Å². The fourth-order valence-corrected chi connectivity index (χ4v) is 3.99. The van der Waals surface area contributed by atoms with Gasteiger partial charge in [-0.3, -0.25) is 0 Å². The monoisotopic (exact) mass is 392 g/mol. The van der Waals surface area contributed by atoms with Crippen molar-refractivity contribution in [1.82, 2.24) is 10.0 Å². The van der Waals surface area contributed by atoms with Gasteiger partial charge in [-0.05, 0) is 37.6 Å². The van der Waals surface area contributed by atoms with E-state index in [1.54, 1.807) is 0 Å². The van der Waals surface area contributed by atoms with Crippen molar-refractivity contribution in [3.8, 4) is 0 Å². The Balaban J connectivity index is 0.00000312. The highest BCUT2D eigenvalue weighted by Gasteiger charge is 2.28. The molecule has 0 aromatic heterocycles. The molecule has 1 aromatic carbocycles. The Morgan fingerprint density at radius 3 is 2.44 bits per heavy atom. The van der Waals surface area contributed by atoms with Crippen LogP contribution in [0.3, 0.4) is 0 Å². The molecule has 10 heteroatoms. The largest absolute Gasteiger partial charge is 0.465 e. The Kier molecular flexibility index (Phi) is 7.81. The molecule has 1 unspecified atom stereocenters. The number of hydrogen-bond donors (Lipinski definition) is 2. The van der Waals surface area contributed by atoms with Gasteiger partial charge in [0.05, 0.1) is 30.2 Å². The Labute approximate surface area is 152 Å². The van der Waals surface area contributed by atoms with Gasteiger partial charge >= 0.3 is 11.9 Å². The van der Waals surface area contributed by atoms with Crippen LogP contribution in [0.4, 0.5) is 0 Å². The second kappa shape index (κ2) is 9.14. The van der Waals surface area contributed by atoms with Crippen molar-refractivity contribution in [2.45, 2.75) is 23.8 Å². The van der Waals surface area contributed by atoms with E-state index in [-0.39, 0.29) is 34.5 Å². The summed E-state index contributed by atoms with van der Waals surface area (Å²) >= 11 is 0. The lowest BCUT2D eigenvalue weighted by molar-refractivity contribution is 0.0583. The summed E-state index contributed by atoms with van der Waals surface area (Å²) in [7, 11) is -1.66. The van der Waals surface area contributed by atoms with Crippen LogP contribution in [0.25, 0.3) is 0 Å². The summed E-state index contributed by atoms with van der Waals surface area (Å²) in [6.07, 6.45) is 1.54. The van der Waals surface area contributed by atoms with Crippen molar-refractivity contribution in [2.24, 2.45) is 0 Å². The third-order valence-corrected chi connectivity index (χ3v) is 5.28. The third kappa shape index (κ3) is 5.15. The molecule has 2 N–H and O–H groups in total. The zero-order valence-corrected chi connectivity index (χ0v) is 15.5. The molecule has 0 amide bonds. The first-order chi connectivity index (χ1) is 11.4. The van der Waals surface area contributed by atoms with E-state index in [9.17, 15) is 18.0 Å². The molecule has 1 aliphatic heterocycles. The molecule has 1 aliphatic rings. The van der Waals surface area contributed by atoms with Crippen molar-refractivity contribution in [1.29, 1.82) is 0 Å². The van der Waals surface area contributed by atoms with Crippen molar-refractivity contribution in [3.63, 3.8) is 0 Å². The van der Waals surface area contributed by atoms with Gasteiger partial charge in [0.1, 0.15) is 0 Å². The maximum Gasteiger partial charge on any atom is 0.339 e. The van der Waals surface area contributed by atoms with Crippen LogP contribution in [0.1, 0.15) is 33.6 Å². The first-order valence-corrected chi connectivity index (χ1v) is 8.91. The first kappa shape index (κ1) is 21.4. The maximum atomic E-state index is 12.7. The number of hydrogen-bond acceptors (Lipinski definition) is 7. The van der Waals surface area contributed by atoms with Gasteiger partial charge in [-0.15, -0.1) is 12.4 Å². The second-order valence-corrected chi connectivity index (χ2v) is 7.04. The minimum absolute atomic E-state index is 0. The number of rotatable bonds is 5. The van der Waals surface area contributed by atoms with Gasteiger partial charge in [-0.2, -0.15) is 0 Å². The summed E-state index contributed by atoms with van der Waals surface area (Å²) in [4.78, 5) is 23.2. The molecule has 0 bridgehead atoms. The maximum absolute atomic E-state index is 12.7. The van der Waals surface area contributed by atoms with E-state index in [0.29, 0.717) is 13.0 Å². The molecule has 8 nitrogen and oxygen atoms in total. The molecule has 1 atom stereocenters. The second-order valence-electron chi connectivity index (χ2n) is 5.36. The van der Waals surface area contributed by atoms with Crippen LogP contribution in [0.15, 0.2) is 23.1 Å². The average molecular weight is 393 g/mol. The zero-order chi connectivity index (χ0) is 17.7. The van der Waals surface area contributed by atoms with E-state index in [0.717, 1.165) is 26.1 Å². The van der Waals surface area contributed by atoms with Gasteiger partial charge < -0.3 is 14.8 Å². The summed E-state index contributed by atoms with van der Waals surface area (Å²) in [5, 5.41) is 3.10. The normalized spacial score (nSPS) is 17.3. The lowest BCUT2D eigenvalue weighted by atomic mass is 10.1. The third-order valence-electron chi connectivity index (χ3n) is 3.72. The predicted molar refractivity (Wildman–Crippen MR) is 92.6 cm³/mol. The predicted octanol–water partition coefficient (Wildman–Crippen LogP) is 0.712. The number of carbonyl (C=O) groups excluding carboxylic acids is 2. The molecule has 2 rings (SSSR count). The standard InChI is InChI=1S/C15H20N2O6S.ClH/c1-22-14(18)10-5-6-12(15(19)23-2)13(8-10)24(20,21)17-11-4-3-7-16-9-11;/h5-6,8,11,16-17H,3-4,7,9H2,1-2H3;1H. The SMILES string of the molecule is COC(=O)c1ccc(C(=O)OC)c(S(=O)(=O)NC2CCCNC2)c1.Cl. The smallest absolute Gasteiger partial charge is 0.339 e. The molecular weight excluding hydrogens is 372 g/mol. The van der Waals surface area contributed by atoms with E-state index >= 15 is 0 Å². The summed E-state index contributed by atoms with van der Waals surface area (Å²) in [5.74, 6) is -1.49. The molecule has 0 saturated carbocycles. The quantitative estimate of drug-likeness (QED) is 0.710. The van der Waals surface area contributed by atoms with E-state index in [4.69, 9.17) is 0 Å². The molecule has 0 spiro atoms. The fourth-order valence-electron chi connectivity index (χ4n) is 2.50. The van der Waals surface area contributed by atoms with Crippen molar-refractivity contribution >= 4 is 34.4 Å². The minimum Gasteiger partial charge on any atom is -0.465 e. The van der Waals surface area contributed by atoms with Crippen LogP contribution in [-0.2, 0) is 19.5 Å². The number of ether oxygens (including phenoxy) is 2. The number of benzene rings is 1. The van der Waals surface area contributed by atoms with Gasteiger partial charge in [0, 0.05) is 12.6 Å². The number of nitrogens with one attached hydrogen (secondary N) is 2. The van der Waals surface area contributed by atoms with E-state index < -0.39 is 22.0 Å². The number of piperidine rings is 1. The molecular formula is C15H21ClN2O6S. The van der Waals surface area contributed by atoms with Crippen LogP contribution in [0.2, 0.25) is 0 Å². The average Bonchev–Trinajstić information content (AvgIpc) is 2.60. The Morgan fingerprint density at radius 1 is 1.20 bits per heavy atom. The van der Waals surface area contributed by atoms with Crippen LogP contribution in [-0.4, -0.2) is 53.7 Å². The molecule has 1 aromatic rings. The van der Waals surface area contributed by atoms with Gasteiger partial charge in [0.15, 0.2) is 0 Å².